The Morgan fingerprint density at radius 1 is 1.28 bits per heavy atom. The maximum absolute atomic E-state index is 7.61. The van der Waals surface area contributed by atoms with Crippen molar-refractivity contribution in [2.45, 2.75) is 38.2 Å². The van der Waals surface area contributed by atoms with Crippen molar-refractivity contribution >= 4 is 5.84 Å². The summed E-state index contributed by atoms with van der Waals surface area (Å²) in [7, 11) is 1.60. The fraction of sp³-hybridized carbons (Fsp3) is 0.500. The van der Waals surface area contributed by atoms with Gasteiger partial charge >= 0.3 is 0 Å². The van der Waals surface area contributed by atoms with Gasteiger partial charge in [0, 0.05) is 0 Å². The summed E-state index contributed by atoms with van der Waals surface area (Å²) in [5.74, 6) is 1.27. The van der Waals surface area contributed by atoms with E-state index in [9.17, 15) is 0 Å². The monoisotopic (exact) mass is 248 g/mol. The molecule has 4 heteroatoms. The molecule has 0 atom stereocenters. The summed E-state index contributed by atoms with van der Waals surface area (Å²) in [6.45, 7) is 0. The van der Waals surface area contributed by atoms with Gasteiger partial charge in [-0.15, -0.1) is 0 Å². The van der Waals surface area contributed by atoms with Crippen LogP contribution in [0.5, 0.6) is 11.5 Å². The number of amidine groups is 1. The molecule has 0 aliphatic heterocycles. The van der Waals surface area contributed by atoms with Gasteiger partial charge in [0.1, 0.15) is 5.84 Å². The van der Waals surface area contributed by atoms with Gasteiger partial charge in [-0.25, -0.2) is 0 Å². The Morgan fingerprint density at radius 3 is 2.61 bits per heavy atom. The number of benzene rings is 1. The molecule has 4 nitrogen and oxygen atoms in total. The van der Waals surface area contributed by atoms with Gasteiger partial charge in [0.2, 0.25) is 0 Å². The highest BCUT2D eigenvalue weighted by Gasteiger charge is 2.20. The number of hydrogen-bond acceptors (Lipinski definition) is 3. The van der Waals surface area contributed by atoms with Crippen LogP contribution in [0.4, 0.5) is 0 Å². The molecular formula is C14H20N2O2. The van der Waals surface area contributed by atoms with E-state index in [1.54, 1.807) is 13.2 Å². The topological polar surface area (TPSA) is 68.3 Å². The van der Waals surface area contributed by atoms with Crippen LogP contribution < -0.4 is 15.2 Å². The van der Waals surface area contributed by atoms with Crippen LogP contribution in [0, 0.1) is 5.41 Å². The summed E-state index contributed by atoms with van der Waals surface area (Å²) in [4.78, 5) is 0. The van der Waals surface area contributed by atoms with Crippen LogP contribution in [0.25, 0.3) is 0 Å². The van der Waals surface area contributed by atoms with Gasteiger partial charge < -0.3 is 15.2 Å². The molecule has 1 aromatic rings. The smallest absolute Gasteiger partial charge is 0.172 e. The summed E-state index contributed by atoms with van der Waals surface area (Å²) < 4.78 is 11.3. The Morgan fingerprint density at radius 2 is 2.00 bits per heavy atom. The molecule has 1 saturated carbocycles. The van der Waals surface area contributed by atoms with Crippen LogP contribution in [0.2, 0.25) is 0 Å². The summed E-state index contributed by atoms with van der Waals surface area (Å²) >= 11 is 0. The van der Waals surface area contributed by atoms with E-state index in [0.29, 0.717) is 17.1 Å². The van der Waals surface area contributed by atoms with Crippen molar-refractivity contribution in [3.05, 3.63) is 23.8 Å². The van der Waals surface area contributed by atoms with Gasteiger partial charge in [0.25, 0.3) is 0 Å². The van der Waals surface area contributed by atoms with E-state index in [1.807, 2.05) is 12.1 Å². The first kappa shape index (κ1) is 12.7. The normalized spacial score (nSPS) is 16.3. The molecule has 3 N–H and O–H groups in total. The largest absolute Gasteiger partial charge is 0.493 e. The predicted molar refractivity (Wildman–Crippen MR) is 71.5 cm³/mol. The molecule has 0 spiro atoms. The first-order valence-corrected chi connectivity index (χ1v) is 6.40. The van der Waals surface area contributed by atoms with Crippen LogP contribution in [-0.4, -0.2) is 19.0 Å². The Hall–Kier alpha value is -1.71. The fourth-order valence-corrected chi connectivity index (χ4v) is 2.36. The summed E-state index contributed by atoms with van der Waals surface area (Å²) in [5, 5.41) is 7.61. The molecule has 0 radical (unpaired) electrons. The second kappa shape index (κ2) is 5.76. The van der Waals surface area contributed by atoms with Gasteiger partial charge in [0.15, 0.2) is 11.5 Å². The van der Waals surface area contributed by atoms with Gasteiger partial charge in [-0.05, 0) is 37.8 Å². The maximum Gasteiger partial charge on any atom is 0.172 e. The summed E-state index contributed by atoms with van der Waals surface area (Å²) in [6, 6.07) is 5.46. The highest BCUT2D eigenvalue weighted by Crippen LogP contribution is 2.34. The van der Waals surface area contributed by atoms with Gasteiger partial charge in [-0.3, -0.25) is 5.41 Å². The number of nitrogen functional groups attached to an aromatic ring is 1. The van der Waals surface area contributed by atoms with Gasteiger partial charge in [-0.2, -0.15) is 0 Å². The highest BCUT2D eigenvalue weighted by atomic mass is 16.5. The van der Waals surface area contributed by atoms with Crippen molar-refractivity contribution < 1.29 is 9.47 Å². The minimum Gasteiger partial charge on any atom is -0.493 e. The molecule has 1 fully saturated rings. The Balaban J connectivity index is 2.25. The van der Waals surface area contributed by atoms with Crippen LogP contribution >= 0.6 is 0 Å². The van der Waals surface area contributed by atoms with Crippen molar-refractivity contribution in [1.82, 2.24) is 0 Å². The standard InChI is InChI=1S/C14H20N2O2/c1-17-12-9-5-8-11(14(15)16)13(12)18-10-6-3-2-4-7-10/h5,8-10H,2-4,6-7H2,1H3,(H3,15,16). The van der Waals surface area contributed by atoms with Crippen molar-refractivity contribution in [3.8, 4) is 11.5 Å². The minimum atomic E-state index is 0.0136. The zero-order chi connectivity index (χ0) is 13.0. The third-order valence-corrected chi connectivity index (χ3v) is 3.33. The van der Waals surface area contributed by atoms with E-state index >= 15 is 0 Å². The molecule has 2 rings (SSSR count). The molecule has 98 valence electrons. The average molecular weight is 248 g/mol. The van der Waals surface area contributed by atoms with E-state index < -0.39 is 0 Å². The zero-order valence-electron chi connectivity index (χ0n) is 10.7. The van der Waals surface area contributed by atoms with Crippen LogP contribution in [0.15, 0.2) is 18.2 Å². The lowest BCUT2D eigenvalue weighted by atomic mass is 9.97. The fourth-order valence-electron chi connectivity index (χ4n) is 2.36. The number of methoxy groups -OCH3 is 1. The number of nitrogens with two attached hydrogens (primary N) is 1. The minimum absolute atomic E-state index is 0.0136. The molecule has 1 aliphatic rings. The molecule has 0 unspecified atom stereocenters. The zero-order valence-corrected chi connectivity index (χ0v) is 10.7. The Kier molecular flexibility index (Phi) is 4.07. The quantitative estimate of drug-likeness (QED) is 0.636. The second-order valence-electron chi connectivity index (χ2n) is 4.63. The molecule has 0 saturated heterocycles. The number of hydrogen-bond donors (Lipinski definition) is 2. The van der Waals surface area contributed by atoms with E-state index in [4.69, 9.17) is 20.6 Å². The number of nitrogens with one attached hydrogen (secondary N) is 1. The van der Waals surface area contributed by atoms with Crippen molar-refractivity contribution in [3.63, 3.8) is 0 Å². The molecule has 1 aliphatic carbocycles. The predicted octanol–water partition coefficient (Wildman–Crippen LogP) is 2.69. The number of ether oxygens (including phenoxy) is 2. The lowest BCUT2D eigenvalue weighted by Crippen LogP contribution is -2.22. The Labute approximate surface area is 108 Å². The molecule has 0 aromatic heterocycles. The summed E-state index contributed by atoms with van der Waals surface area (Å²) in [6.07, 6.45) is 6.04. The van der Waals surface area contributed by atoms with Gasteiger partial charge in [-0.1, -0.05) is 12.5 Å². The third-order valence-electron chi connectivity index (χ3n) is 3.33. The Bertz CT molecular complexity index is 426. The van der Waals surface area contributed by atoms with Crippen molar-refractivity contribution in [2.75, 3.05) is 7.11 Å². The maximum atomic E-state index is 7.61. The van der Waals surface area contributed by atoms with E-state index in [2.05, 4.69) is 0 Å². The molecule has 0 bridgehead atoms. The van der Waals surface area contributed by atoms with Crippen LogP contribution in [-0.2, 0) is 0 Å². The first-order chi connectivity index (χ1) is 8.72. The number of para-hydroxylation sites is 1. The van der Waals surface area contributed by atoms with E-state index in [1.165, 1.54) is 19.3 Å². The SMILES string of the molecule is COc1cccc(C(=N)N)c1OC1CCCCC1. The van der Waals surface area contributed by atoms with E-state index in [-0.39, 0.29) is 11.9 Å². The molecule has 18 heavy (non-hydrogen) atoms. The number of rotatable bonds is 4. The third kappa shape index (κ3) is 2.75. The van der Waals surface area contributed by atoms with E-state index in [0.717, 1.165) is 12.8 Å². The lowest BCUT2D eigenvalue weighted by molar-refractivity contribution is 0.149. The lowest BCUT2D eigenvalue weighted by Gasteiger charge is -2.25. The molecule has 0 heterocycles. The molecule has 0 amide bonds. The molecular weight excluding hydrogens is 228 g/mol. The second-order valence-corrected chi connectivity index (χ2v) is 4.63. The average Bonchev–Trinajstić information content (AvgIpc) is 2.40. The van der Waals surface area contributed by atoms with Crippen molar-refractivity contribution in [1.29, 1.82) is 5.41 Å². The summed E-state index contributed by atoms with van der Waals surface area (Å²) in [5.41, 5.74) is 6.20. The highest BCUT2D eigenvalue weighted by molar-refractivity contribution is 5.98. The first-order valence-electron chi connectivity index (χ1n) is 6.40. The van der Waals surface area contributed by atoms with Crippen LogP contribution in [0.3, 0.4) is 0 Å². The van der Waals surface area contributed by atoms with Gasteiger partial charge in [0.05, 0.1) is 18.8 Å². The van der Waals surface area contributed by atoms with Crippen molar-refractivity contribution in [2.24, 2.45) is 5.73 Å². The van der Waals surface area contributed by atoms with Crippen LogP contribution in [0.1, 0.15) is 37.7 Å². The molecule has 1 aromatic carbocycles.